The minimum absolute atomic E-state index is 0. The van der Waals surface area contributed by atoms with Crippen LogP contribution in [0.25, 0.3) is 0 Å². The summed E-state index contributed by atoms with van der Waals surface area (Å²) >= 11 is 0. The van der Waals surface area contributed by atoms with Gasteiger partial charge in [0.15, 0.2) is 5.76 Å². The van der Waals surface area contributed by atoms with Gasteiger partial charge in [0.05, 0.1) is 19.2 Å². The number of furan rings is 1. The molecule has 4 rings (SSSR count). The number of rotatable bonds is 4. The van der Waals surface area contributed by atoms with E-state index in [1.165, 1.54) is 6.26 Å². The van der Waals surface area contributed by atoms with Crippen LogP contribution < -0.4 is 10.6 Å². The first-order valence-electron chi connectivity index (χ1n) is 9.54. The van der Waals surface area contributed by atoms with Gasteiger partial charge in [0.25, 0.3) is 5.91 Å². The standard InChI is InChI=1S/C21H25N3O3.ClH/c1-14(22)16-6-4-9-23(12-16)21(26)20-17(8-10-27-20)13-24-18-7-3-2-5-15(18)11-19(24)25;/h2-3,5,7-8,10,14,16H,4,6,9,11-13,22H2,1H3;1H. The van der Waals surface area contributed by atoms with Gasteiger partial charge >= 0.3 is 0 Å². The van der Waals surface area contributed by atoms with Crippen LogP contribution >= 0.6 is 12.4 Å². The molecule has 0 bridgehead atoms. The van der Waals surface area contributed by atoms with Crippen LogP contribution in [0.3, 0.4) is 0 Å². The van der Waals surface area contributed by atoms with Gasteiger partial charge in [-0.2, -0.15) is 0 Å². The van der Waals surface area contributed by atoms with Crippen LogP contribution in [0.4, 0.5) is 5.69 Å². The lowest BCUT2D eigenvalue weighted by Gasteiger charge is -2.34. The van der Waals surface area contributed by atoms with Gasteiger partial charge in [0.1, 0.15) is 0 Å². The van der Waals surface area contributed by atoms with E-state index < -0.39 is 0 Å². The number of carbonyl (C=O) groups is 2. The van der Waals surface area contributed by atoms with E-state index in [9.17, 15) is 9.59 Å². The highest BCUT2D eigenvalue weighted by Crippen LogP contribution is 2.31. The highest BCUT2D eigenvalue weighted by Gasteiger charge is 2.32. The van der Waals surface area contributed by atoms with E-state index in [0.29, 0.717) is 37.7 Å². The van der Waals surface area contributed by atoms with Crippen molar-refractivity contribution in [2.24, 2.45) is 11.7 Å². The van der Waals surface area contributed by atoms with E-state index >= 15 is 0 Å². The van der Waals surface area contributed by atoms with Crippen LogP contribution in [0.5, 0.6) is 0 Å². The maximum absolute atomic E-state index is 13.0. The van der Waals surface area contributed by atoms with Crippen molar-refractivity contribution in [1.82, 2.24) is 4.90 Å². The van der Waals surface area contributed by atoms with E-state index in [1.807, 2.05) is 36.1 Å². The van der Waals surface area contributed by atoms with Gasteiger partial charge in [0.2, 0.25) is 5.91 Å². The minimum atomic E-state index is -0.111. The number of fused-ring (bicyclic) bond motifs is 1. The van der Waals surface area contributed by atoms with E-state index in [2.05, 4.69) is 0 Å². The average molecular weight is 404 g/mol. The topological polar surface area (TPSA) is 79.8 Å². The number of nitrogens with two attached hydrogens (primary N) is 1. The SMILES string of the molecule is CC(N)C1CCCN(C(=O)c2occc2CN2C(=O)Cc3ccccc32)C1.Cl. The molecule has 7 heteroatoms. The van der Waals surface area contributed by atoms with E-state index in [1.54, 1.807) is 11.0 Å². The molecule has 2 aliphatic rings. The molecule has 2 unspecified atom stereocenters. The fraction of sp³-hybridized carbons (Fsp3) is 0.429. The summed E-state index contributed by atoms with van der Waals surface area (Å²) in [5, 5.41) is 0. The lowest BCUT2D eigenvalue weighted by atomic mass is 9.92. The van der Waals surface area contributed by atoms with Gasteiger partial charge in [0, 0.05) is 30.4 Å². The third kappa shape index (κ3) is 3.80. The second-order valence-electron chi connectivity index (χ2n) is 7.57. The second kappa shape index (κ2) is 8.37. The molecule has 2 aliphatic heterocycles. The molecule has 2 aromatic rings. The third-order valence-corrected chi connectivity index (χ3v) is 5.68. The van der Waals surface area contributed by atoms with Crippen LogP contribution in [0.1, 0.15) is 41.4 Å². The number of carbonyl (C=O) groups excluding carboxylic acids is 2. The number of likely N-dealkylation sites (tertiary alicyclic amines) is 1. The summed E-state index contributed by atoms with van der Waals surface area (Å²) in [5.74, 6) is 0.580. The number of benzene rings is 1. The molecule has 28 heavy (non-hydrogen) atoms. The van der Waals surface area contributed by atoms with Crippen LogP contribution in [0, 0.1) is 5.92 Å². The highest BCUT2D eigenvalue weighted by molar-refractivity contribution is 6.01. The summed E-state index contributed by atoms with van der Waals surface area (Å²) in [6.45, 7) is 3.71. The Hall–Kier alpha value is -2.31. The number of anilines is 1. The minimum Gasteiger partial charge on any atom is -0.459 e. The highest BCUT2D eigenvalue weighted by atomic mass is 35.5. The molecular formula is C21H26ClN3O3. The summed E-state index contributed by atoms with van der Waals surface area (Å²) in [7, 11) is 0. The van der Waals surface area contributed by atoms with Crippen molar-refractivity contribution in [3.63, 3.8) is 0 Å². The normalized spacial score (nSPS) is 19.9. The number of amides is 2. The first kappa shape index (κ1) is 20.4. The number of halogens is 1. The van der Waals surface area contributed by atoms with Crippen molar-refractivity contribution in [1.29, 1.82) is 0 Å². The Kier molecular flexibility index (Phi) is 6.10. The van der Waals surface area contributed by atoms with Crippen molar-refractivity contribution >= 4 is 29.9 Å². The van der Waals surface area contributed by atoms with Crippen molar-refractivity contribution in [2.75, 3.05) is 18.0 Å². The Morgan fingerprint density at radius 2 is 2.11 bits per heavy atom. The Morgan fingerprint density at radius 3 is 2.89 bits per heavy atom. The van der Waals surface area contributed by atoms with Crippen molar-refractivity contribution in [3.05, 3.63) is 53.5 Å². The molecule has 2 N–H and O–H groups in total. The predicted octanol–water partition coefficient (Wildman–Crippen LogP) is 2.99. The predicted molar refractivity (Wildman–Crippen MR) is 110 cm³/mol. The zero-order valence-corrected chi connectivity index (χ0v) is 16.8. The van der Waals surface area contributed by atoms with Crippen molar-refractivity contribution in [2.45, 2.75) is 38.8 Å². The number of hydrogen-bond donors (Lipinski definition) is 1. The molecule has 0 spiro atoms. The zero-order chi connectivity index (χ0) is 19.0. The van der Waals surface area contributed by atoms with Crippen LogP contribution in [0.2, 0.25) is 0 Å². The second-order valence-corrected chi connectivity index (χ2v) is 7.57. The van der Waals surface area contributed by atoms with Gasteiger partial charge < -0.3 is 20.0 Å². The van der Waals surface area contributed by atoms with Gasteiger partial charge in [-0.15, -0.1) is 12.4 Å². The quantitative estimate of drug-likeness (QED) is 0.851. The molecule has 1 fully saturated rings. The largest absolute Gasteiger partial charge is 0.459 e. The summed E-state index contributed by atoms with van der Waals surface area (Å²) in [6.07, 6.45) is 3.93. The zero-order valence-electron chi connectivity index (χ0n) is 16.0. The molecule has 0 aliphatic carbocycles. The fourth-order valence-electron chi connectivity index (χ4n) is 4.08. The number of nitrogens with zero attached hydrogens (tertiary/aromatic N) is 2. The molecule has 6 nitrogen and oxygen atoms in total. The van der Waals surface area contributed by atoms with Crippen LogP contribution in [0.15, 0.2) is 41.0 Å². The van der Waals surface area contributed by atoms with Crippen LogP contribution in [-0.2, 0) is 17.8 Å². The molecule has 3 heterocycles. The molecular weight excluding hydrogens is 378 g/mol. The molecule has 2 amide bonds. The molecule has 1 saturated heterocycles. The Morgan fingerprint density at radius 1 is 1.32 bits per heavy atom. The van der Waals surface area contributed by atoms with E-state index in [4.69, 9.17) is 10.2 Å². The summed E-state index contributed by atoms with van der Waals surface area (Å²) in [6, 6.07) is 9.63. The van der Waals surface area contributed by atoms with E-state index in [-0.39, 0.29) is 30.3 Å². The van der Waals surface area contributed by atoms with E-state index in [0.717, 1.165) is 29.7 Å². The van der Waals surface area contributed by atoms with Crippen molar-refractivity contribution in [3.8, 4) is 0 Å². The Balaban J connectivity index is 0.00000225. The van der Waals surface area contributed by atoms with Gasteiger partial charge in [-0.3, -0.25) is 9.59 Å². The smallest absolute Gasteiger partial charge is 0.289 e. The number of hydrogen-bond acceptors (Lipinski definition) is 4. The van der Waals surface area contributed by atoms with Gasteiger partial charge in [-0.05, 0) is 43.4 Å². The number of piperidine rings is 1. The molecule has 1 aromatic carbocycles. The maximum Gasteiger partial charge on any atom is 0.289 e. The molecule has 1 aromatic heterocycles. The summed E-state index contributed by atoms with van der Waals surface area (Å²) in [4.78, 5) is 29.0. The molecule has 150 valence electrons. The lowest BCUT2D eigenvalue weighted by molar-refractivity contribution is -0.117. The molecule has 0 saturated carbocycles. The van der Waals surface area contributed by atoms with Crippen molar-refractivity contribution < 1.29 is 14.0 Å². The Bertz CT molecular complexity index is 864. The molecule has 2 atom stereocenters. The summed E-state index contributed by atoms with van der Waals surface area (Å²) in [5.41, 5.74) is 8.72. The Labute approximate surface area is 171 Å². The average Bonchev–Trinajstić information content (AvgIpc) is 3.26. The maximum atomic E-state index is 13.0. The fourth-order valence-corrected chi connectivity index (χ4v) is 4.08. The first-order chi connectivity index (χ1) is 13.0. The first-order valence-corrected chi connectivity index (χ1v) is 9.54. The lowest BCUT2D eigenvalue weighted by Crippen LogP contribution is -2.45. The van der Waals surface area contributed by atoms with Crippen LogP contribution in [-0.4, -0.2) is 35.8 Å². The van der Waals surface area contributed by atoms with Gasteiger partial charge in [-0.1, -0.05) is 18.2 Å². The third-order valence-electron chi connectivity index (χ3n) is 5.68. The van der Waals surface area contributed by atoms with Gasteiger partial charge in [-0.25, -0.2) is 0 Å². The molecule has 0 radical (unpaired) electrons. The number of para-hydroxylation sites is 1. The summed E-state index contributed by atoms with van der Waals surface area (Å²) < 4.78 is 5.55. The monoisotopic (exact) mass is 403 g/mol.